The average molecular weight is 242 g/mol. The van der Waals surface area contributed by atoms with E-state index in [9.17, 15) is 4.79 Å². The smallest absolute Gasteiger partial charge is 0.227 e. The monoisotopic (exact) mass is 242 g/mol. The lowest BCUT2D eigenvalue weighted by Gasteiger charge is -2.35. The van der Waals surface area contributed by atoms with Gasteiger partial charge in [0.25, 0.3) is 0 Å². The number of ether oxygens (including phenoxy) is 2. The van der Waals surface area contributed by atoms with Gasteiger partial charge in [-0.15, -0.1) is 0 Å². The van der Waals surface area contributed by atoms with Crippen LogP contribution in [0.25, 0.3) is 0 Å². The zero-order chi connectivity index (χ0) is 12.3. The van der Waals surface area contributed by atoms with Gasteiger partial charge in [-0.2, -0.15) is 0 Å². The van der Waals surface area contributed by atoms with Crippen LogP contribution in [0.1, 0.15) is 19.8 Å². The molecule has 2 saturated heterocycles. The predicted molar refractivity (Wildman–Crippen MR) is 63.8 cm³/mol. The van der Waals surface area contributed by atoms with Crippen molar-refractivity contribution >= 4 is 5.91 Å². The number of carbonyl (C=O) groups excluding carboxylic acids is 1. The van der Waals surface area contributed by atoms with Gasteiger partial charge in [0, 0.05) is 12.6 Å². The Morgan fingerprint density at radius 2 is 2.18 bits per heavy atom. The molecule has 3 atom stereocenters. The van der Waals surface area contributed by atoms with Crippen molar-refractivity contribution in [1.82, 2.24) is 10.6 Å². The first-order chi connectivity index (χ1) is 8.14. The van der Waals surface area contributed by atoms with Crippen molar-refractivity contribution in [2.45, 2.75) is 31.3 Å². The fourth-order valence-corrected chi connectivity index (χ4v) is 2.52. The molecule has 2 rings (SSSR count). The third-order valence-corrected chi connectivity index (χ3v) is 3.65. The highest BCUT2D eigenvalue weighted by molar-refractivity contribution is 5.80. The van der Waals surface area contributed by atoms with Crippen molar-refractivity contribution in [2.24, 2.45) is 5.92 Å². The minimum atomic E-state index is -0.212. The largest absolute Gasteiger partial charge is 0.379 e. The van der Waals surface area contributed by atoms with E-state index in [-0.39, 0.29) is 23.4 Å². The number of likely N-dealkylation sites (N-methyl/N-ethyl adjacent to an activating group) is 1. The van der Waals surface area contributed by atoms with Gasteiger partial charge in [0.2, 0.25) is 5.91 Å². The van der Waals surface area contributed by atoms with Crippen molar-refractivity contribution in [3.05, 3.63) is 0 Å². The lowest BCUT2D eigenvalue weighted by Crippen LogP contribution is -2.55. The van der Waals surface area contributed by atoms with Crippen LogP contribution in [0.3, 0.4) is 0 Å². The van der Waals surface area contributed by atoms with Crippen LogP contribution in [0, 0.1) is 5.92 Å². The lowest BCUT2D eigenvalue weighted by molar-refractivity contribution is -0.129. The summed E-state index contributed by atoms with van der Waals surface area (Å²) in [7, 11) is 1.87. The van der Waals surface area contributed by atoms with E-state index in [4.69, 9.17) is 9.47 Å². The van der Waals surface area contributed by atoms with Gasteiger partial charge < -0.3 is 20.1 Å². The summed E-state index contributed by atoms with van der Waals surface area (Å²) < 4.78 is 10.8. The Labute approximate surface area is 102 Å². The van der Waals surface area contributed by atoms with Gasteiger partial charge in [0.15, 0.2) is 0 Å². The van der Waals surface area contributed by atoms with E-state index in [1.165, 1.54) is 0 Å². The van der Waals surface area contributed by atoms with E-state index in [1.807, 2.05) is 14.0 Å². The summed E-state index contributed by atoms with van der Waals surface area (Å²) in [5.41, 5.74) is -0.212. The Bertz CT molecular complexity index is 277. The van der Waals surface area contributed by atoms with Crippen molar-refractivity contribution in [3.8, 4) is 0 Å². The lowest BCUT2D eigenvalue weighted by atomic mass is 9.93. The molecule has 2 aliphatic heterocycles. The quantitative estimate of drug-likeness (QED) is 0.726. The normalized spacial score (nSPS) is 38.0. The Morgan fingerprint density at radius 3 is 2.82 bits per heavy atom. The highest BCUT2D eigenvalue weighted by atomic mass is 16.5. The van der Waals surface area contributed by atoms with E-state index < -0.39 is 0 Å². The Kier molecular flexibility index (Phi) is 4.01. The van der Waals surface area contributed by atoms with Crippen LogP contribution >= 0.6 is 0 Å². The third-order valence-electron chi connectivity index (χ3n) is 3.65. The molecule has 0 aromatic heterocycles. The summed E-state index contributed by atoms with van der Waals surface area (Å²) in [6.45, 7) is 4.58. The number of carbonyl (C=O) groups is 1. The molecule has 0 radical (unpaired) electrons. The van der Waals surface area contributed by atoms with Gasteiger partial charge >= 0.3 is 0 Å². The van der Waals surface area contributed by atoms with Gasteiger partial charge in [-0.3, -0.25) is 4.79 Å². The van der Waals surface area contributed by atoms with E-state index in [1.54, 1.807) is 0 Å². The number of nitrogens with one attached hydrogen (secondary N) is 2. The first-order valence-electron chi connectivity index (χ1n) is 6.29. The van der Waals surface area contributed by atoms with Crippen molar-refractivity contribution in [2.75, 3.05) is 33.5 Å². The molecule has 1 amide bonds. The van der Waals surface area contributed by atoms with Crippen LogP contribution in [-0.4, -0.2) is 51.0 Å². The first-order valence-corrected chi connectivity index (χ1v) is 6.29. The van der Waals surface area contributed by atoms with Gasteiger partial charge in [-0.25, -0.2) is 0 Å². The Hall–Kier alpha value is -0.650. The van der Waals surface area contributed by atoms with Gasteiger partial charge in [0.05, 0.1) is 31.3 Å². The summed E-state index contributed by atoms with van der Waals surface area (Å²) in [5, 5.41) is 6.25. The molecule has 2 aliphatic rings. The highest BCUT2D eigenvalue weighted by Crippen LogP contribution is 2.21. The molecule has 0 spiro atoms. The molecular formula is C12H22N2O3. The van der Waals surface area contributed by atoms with E-state index >= 15 is 0 Å². The molecule has 0 aromatic carbocycles. The van der Waals surface area contributed by atoms with Crippen molar-refractivity contribution < 1.29 is 14.3 Å². The number of amides is 1. The summed E-state index contributed by atoms with van der Waals surface area (Å²) in [6, 6.07) is 0.128. The van der Waals surface area contributed by atoms with Gasteiger partial charge in [0.1, 0.15) is 0 Å². The SMILES string of the molecule is CNC1COCC1C(=O)NC1(C)CCCOC1. The molecule has 3 unspecified atom stereocenters. The second-order valence-corrected chi connectivity index (χ2v) is 5.25. The number of hydrogen-bond donors (Lipinski definition) is 2. The van der Waals surface area contributed by atoms with E-state index in [0.717, 1.165) is 19.4 Å². The van der Waals surface area contributed by atoms with E-state index in [2.05, 4.69) is 10.6 Å². The average Bonchev–Trinajstić information content (AvgIpc) is 2.77. The third kappa shape index (κ3) is 2.97. The zero-order valence-corrected chi connectivity index (χ0v) is 10.6. The molecule has 17 heavy (non-hydrogen) atoms. The Balaban J connectivity index is 1.91. The van der Waals surface area contributed by atoms with Crippen LogP contribution in [0.2, 0.25) is 0 Å². The molecule has 2 fully saturated rings. The molecule has 2 heterocycles. The fourth-order valence-electron chi connectivity index (χ4n) is 2.52. The second kappa shape index (κ2) is 5.33. The highest BCUT2D eigenvalue weighted by Gasteiger charge is 2.37. The van der Waals surface area contributed by atoms with Crippen LogP contribution in [0.15, 0.2) is 0 Å². The van der Waals surface area contributed by atoms with Crippen molar-refractivity contribution in [1.29, 1.82) is 0 Å². The standard InChI is InChI=1S/C12H22N2O3/c1-12(4-3-5-16-8-12)14-11(15)9-6-17-7-10(9)13-2/h9-10,13H,3-8H2,1-2H3,(H,14,15). The summed E-state index contributed by atoms with van der Waals surface area (Å²) in [4.78, 5) is 12.2. The summed E-state index contributed by atoms with van der Waals surface area (Å²) in [6.07, 6.45) is 1.99. The molecule has 2 N–H and O–H groups in total. The van der Waals surface area contributed by atoms with Crippen LogP contribution < -0.4 is 10.6 Å². The number of rotatable bonds is 3. The maximum atomic E-state index is 12.2. The molecule has 0 aliphatic carbocycles. The first kappa shape index (κ1) is 12.8. The topological polar surface area (TPSA) is 59.6 Å². The van der Waals surface area contributed by atoms with Gasteiger partial charge in [-0.1, -0.05) is 0 Å². The van der Waals surface area contributed by atoms with Crippen LogP contribution in [0.5, 0.6) is 0 Å². The number of hydrogen-bond acceptors (Lipinski definition) is 4. The van der Waals surface area contributed by atoms with Crippen molar-refractivity contribution in [3.63, 3.8) is 0 Å². The maximum Gasteiger partial charge on any atom is 0.227 e. The molecule has 0 aromatic rings. The van der Waals surface area contributed by atoms with Crippen LogP contribution in [0.4, 0.5) is 0 Å². The zero-order valence-electron chi connectivity index (χ0n) is 10.6. The molecule has 0 saturated carbocycles. The summed E-state index contributed by atoms with van der Waals surface area (Å²) >= 11 is 0. The fraction of sp³-hybridized carbons (Fsp3) is 0.917. The molecule has 5 nitrogen and oxygen atoms in total. The minimum Gasteiger partial charge on any atom is -0.379 e. The van der Waals surface area contributed by atoms with Crippen LogP contribution in [-0.2, 0) is 14.3 Å². The van der Waals surface area contributed by atoms with E-state index in [0.29, 0.717) is 19.8 Å². The second-order valence-electron chi connectivity index (χ2n) is 5.25. The molecule has 98 valence electrons. The molecular weight excluding hydrogens is 220 g/mol. The summed E-state index contributed by atoms with van der Waals surface area (Å²) in [5.74, 6) is -0.00592. The molecule has 0 bridgehead atoms. The van der Waals surface area contributed by atoms with Gasteiger partial charge in [-0.05, 0) is 26.8 Å². The Morgan fingerprint density at radius 1 is 1.35 bits per heavy atom. The molecule has 5 heteroatoms. The minimum absolute atomic E-state index is 0.0786. The predicted octanol–water partition coefficient (Wildman–Crippen LogP) is -0.0939. The maximum absolute atomic E-state index is 12.2.